The third kappa shape index (κ3) is 4.17. The van der Waals surface area contributed by atoms with Gasteiger partial charge in [0.05, 0.1) is 17.5 Å². The van der Waals surface area contributed by atoms with Crippen LogP contribution in [0, 0.1) is 11.3 Å². The number of benzene rings is 1. The second kappa shape index (κ2) is 8.34. The molecule has 0 atom stereocenters. The number of nitrogens with zero attached hydrogens (tertiary/aromatic N) is 3. The van der Waals surface area contributed by atoms with Crippen LogP contribution in [-0.2, 0) is 6.42 Å². The van der Waals surface area contributed by atoms with Gasteiger partial charge >= 0.3 is 0 Å². The molecule has 5 rings (SSSR count). The first-order valence-corrected chi connectivity index (χ1v) is 12.2. The van der Waals surface area contributed by atoms with E-state index in [1.165, 1.54) is 49.8 Å². The van der Waals surface area contributed by atoms with Gasteiger partial charge in [-0.1, -0.05) is 46.5 Å². The number of fused-ring (bicyclic) bond motifs is 1. The van der Waals surface area contributed by atoms with Gasteiger partial charge in [0, 0.05) is 36.0 Å². The van der Waals surface area contributed by atoms with Crippen molar-refractivity contribution in [3.63, 3.8) is 0 Å². The summed E-state index contributed by atoms with van der Waals surface area (Å²) >= 11 is 0. The molecule has 1 saturated carbocycles. The summed E-state index contributed by atoms with van der Waals surface area (Å²) in [6.07, 6.45) is 12.7. The normalized spacial score (nSPS) is 17.5. The Morgan fingerprint density at radius 2 is 1.84 bits per heavy atom. The van der Waals surface area contributed by atoms with Crippen molar-refractivity contribution in [3.05, 3.63) is 41.7 Å². The lowest BCUT2D eigenvalue weighted by Gasteiger charge is -2.21. The van der Waals surface area contributed by atoms with Crippen molar-refractivity contribution >= 4 is 22.6 Å². The fraction of sp³-hybridized carbons (Fsp3) is 0.519. The van der Waals surface area contributed by atoms with Gasteiger partial charge in [0.15, 0.2) is 11.4 Å². The van der Waals surface area contributed by atoms with E-state index in [1.54, 1.807) is 6.20 Å². The molecule has 0 unspecified atom stereocenters. The van der Waals surface area contributed by atoms with Crippen LogP contribution in [0.4, 0.5) is 5.69 Å². The number of anilines is 1. The highest BCUT2D eigenvalue weighted by atomic mass is 16.1. The Morgan fingerprint density at radius 3 is 2.56 bits per heavy atom. The molecule has 2 fully saturated rings. The summed E-state index contributed by atoms with van der Waals surface area (Å²) in [4.78, 5) is 28.2. The molecule has 0 amide bonds. The van der Waals surface area contributed by atoms with E-state index in [4.69, 9.17) is 4.98 Å². The Balaban J connectivity index is 1.56. The van der Waals surface area contributed by atoms with Gasteiger partial charge in [0.25, 0.3) is 0 Å². The smallest absolute Gasteiger partial charge is 0.171 e. The van der Waals surface area contributed by atoms with Crippen molar-refractivity contribution < 1.29 is 4.79 Å². The Bertz CT molecular complexity index is 1130. The molecule has 2 aliphatic rings. The minimum absolute atomic E-state index is 0.0861. The molecule has 1 aliphatic heterocycles. The van der Waals surface area contributed by atoms with Gasteiger partial charge in [-0.2, -0.15) is 0 Å². The second-order valence-electron chi connectivity index (χ2n) is 10.7. The standard InChI is InChI=1S/C27H34N4O/c1-27(2,3)25(32)22-16-28-26-24(22)30-23(17-29-26)20-13-19(12-18-8-4-5-9-18)14-21(15-20)31-10-6-7-11-31/h13-18H,4-12H2,1-3H3,(H,28,29). The number of nitrogens with one attached hydrogen (secondary N) is 1. The predicted octanol–water partition coefficient (Wildman–Crippen LogP) is 6.19. The van der Waals surface area contributed by atoms with Crippen molar-refractivity contribution in [2.45, 2.75) is 65.7 Å². The number of carbonyl (C=O) groups excluding carboxylic acids is 1. The Kier molecular flexibility index (Phi) is 5.52. The molecule has 5 heteroatoms. The van der Waals surface area contributed by atoms with E-state index in [0.29, 0.717) is 16.7 Å². The lowest BCUT2D eigenvalue weighted by Crippen LogP contribution is -2.20. The maximum absolute atomic E-state index is 13.0. The quantitative estimate of drug-likeness (QED) is 0.491. The van der Waals surface area contributed by atoms with Gasteiger partial charge in [-0.25, -0.2) is 9.97 Å². The minimum Gasteiger partial charge on any atom is -0.372 e. The van der Waals surface area contributed by atoms with E-state index in [9.17, 15) is 4.79 Å². The van der Waals surface area contributed by atoms with E-state index in [1.807, 2.05) is 27.0 Å². The van der Waals surface area contributed by atoms with Crippen LogP contribution in [0.1, 0.15) is 75.2 Å². The second-order valence-corrected chi connectivity index (χ2v) is 10.7. The summed E-state index contributed by atoms with van der Waals surface area (Å²) in [6.45, 7) is 8.08. The van der Waals surface area contributed by atoms with Gasteiger partial charge in [-0.05, 0) is 48.9 Å². The van der Waals surface area contributed by atoms with Crippen LogP contribution in [0.3, 0.4) is 0 Å². The average molecular weight is 431 g/mol. The summed E-state index contributed by atoms with van der Waals surface area (Å²) < 4.78 is 0. The van der Waals surface area contributed by atoms with Gasteiger partial charge in [-0.15, -0.1) is 0 Å². The number of Topliss-reactive ketones (excluding diaryl/α,β-unsaturated/α-hetero) is 1. The van der Waals surface area contributed by atoms with Gasteiger partial charge < -0.3 is 9.88 Å². The maximum atomic E-state index is 13.0. The number of rotatable bonds is 5. The Hall–Kier alpha value is -2.69. The fourth-order valence-electron chi connectivity index (χ4n) is 5.25. The third-order valence-corrected chi connectivity index (χ3v) is 7.05. The van der Waals surface area contributed by atoms with Crippen molar-refractivity contribution in [3.8, 4) is 11.3 Å². The van der Waals surface area contributed by atoms with Crippen LogP contribution < -0.4 is 4.90 Å². The first-order valence-electron chi connectivity index (χ1n) is 12.2. The molecule has 32 heavy (non-hydrogen) atoms. The first kappa shape index (κ1) is 21.2. The number of carbonyl (C=O) groups is 1. The summed E-state index contributed by atoms with van der Waals surface area (Å²) in [5.74, 6) is 0.883. The maximum Gasteiger partial charge on any atom is 0.171 e. The third-order valence-electron chi connectivity index (χ3n) is 7.05. The number of hydrogen-bond donors (Lipinski definition) is 1. The molecule has 5 nitrogen and oxygen atoms in total. The van der Waals surface area contributed by atoms with Crippen LogP contribution in [0.25, 0.3) is 22.4 Å². The minimum atomic E-state index is -0.461. The Morgan fingerprint density at radius 1 is 1.09 bits per heavy atom. The van der Waals surface area contributed by atoms with Crippen LogP contribution in [0.5, 0.6) is 0 Å². The zero-order valence-corrected chi connectivity index (χ0v) is 19.6. The molecule has 1 aromatic carbocycles. The Labute approximate surface area is 190 Å². The summed E-state index contributed by atoms with van der Waals surface area (Å²) in [5.41, 5.74) is 6.16. The zero-order valence-electron chi connectivity index (χ0n) is 19.6. The van der Waals surface area contributed by atoms with E-state index < -0.39 is 5.41 Å². The number of aromatic amines is 1. The average Bonchev–Trinajstić information content (AvgIpc) is 3.53. The van der Waals surface area contributed by atoms with E-state index >= 15 is 0 Å². The predicted molar refractivity (Wildman–Crippen MR) is 130 cm³/mol. The lowest BCUT2D eigenvalue weighted by molar-refractivity contribution is 0.0860. The first-order chi connectivity index (χ1) is 15.4. The van der Waals surface area contributed by atoms with E-state index in [-0.39, 0.29) is 5.78 Å². The van der Waals surface area contributed by atoms with Crippen molar-refractivity contribution in [1.82, 2.24) is 15.0 Å². The zero-order chi connectivity index (χ0) is 22.3. The molecular weight excluding hydrogens is 396 g/mol. The number of hydrogen-bond acceptors (Lipinski definition) is 4. The summed E-state index contributed by atoms with van der Waals surface area (Å²) in [7, 11) is 0. The van der Waals surface area contributed by atoms with Crippen LogP contribution >= 0.6 is 0 Å². The number of H-pyrrole nitrogens is 1. The van der Waals surface area contributed by atoms with Gasteiger partial charge in [0.1, 0.15) is 5.52 Å². The molecular formula is C27H34N4O. The molecule has 3 aromatic rings. The summed E-state index contributed by atoms with van der Waals surface area (Å²) in [6, 6.07) is 6.95. The highest BCUT2D eigenvalue weighted by molar-refractivity contribution is 6.08. The van der Waals surface area contributed by atoms with Crippen molar-refractivity contribution in [1.29, 1.82) is 0 Å². The molecule has 3 heterocycles. The molecule has 2 aromatic heterocycles. The fourth-order valence-corrected chi connectivity index (χ4v) is 5.25. The lowest BCUT2D eigenvalue weighted by atomic mass is 9.87. The van der Waals surface area contributed by atoms with E-state index in [2.05, 4.69) is 33.1 Å². The summed E-state index contributed by atoms with van der Waals surface area (Å²) in [5, 5.41) is 0. The monoisotopic (exact) mass is 430 g/mol. The van der Waals surface area contributed by atoms with Crippen molar-refractivity contribution in [2.75, 3.05) is 18.0 Å². The van der Waals surface area contributed by atoms with Crippen LogP contribution in [0.15, 0.2) is 30.6 Å². The highest BCUT2D eigenvalue weighted by Gasteiger charge is 2.27. The molecule has 0 spiro atoms. The molecule has 1 N–H and O–H groups in total. The van der Waals surface area contributed by atoms with Gasteiger partial charge in [0.2, 0.25) is 0 Å². The molecule has 1 saturated heterocycles. The number of aromatic nitrogens is 3. The number of ketones is 1. The molecule has 0 radical (unpaired) electrons. The van der Waals surface area contributed by atoms with Crippen LogP contribution in [-0.4, -0.2) is 33.8 Å². The highest BCUT2D eigenvalue weighted by Crippen LogP contribution is 2.34. The van der Waals surface area contributed by atoms with Crippen LogP contribution in [0.2, 0.25) is 0 Å². The van der Waals surface area contributed by atoms with Crippen molar-refractivity contribution in [2.24, 2.45) is 11.3 Å². The largest absolute Gasteiger partial charge is 0.372 e. The molecule has 0 bridgehead atoms. The SMILES string of the molecule is CC(C)(C)C(=O)c1c[nH]c2ncc(-c3cc(CC4CCCC4)cc(N4CCCC4)c3)nc12. The van der Waals surface area contributed by atoms with E-state index in [0.717, 1.165) is 36.7 Å². The van der Waals surface area contributed by atoms with Gasteiger partial charge in [-0.3, -0.25) is 4.79 Å². The topological polar surface area (TPSA) is 61.9 Å². The molecule has 168 valence electrons. The molecule has 1 aliphatic carbocycles.